The van der Waals surface area contributed by atoms with Crippen molar-refractivity contribution in [3.05, 3.63) is 78.0 Å². The second-order valence-electron chi connectivity index (χ2n) is 8.32. The summed E-state index contributed by atoms with van der Waals surface area (Å²) in [4.78, 5) is 20.0. The highest BCUT2D eigenvalue weighted by Gasteiger charge is 2.32. The van der Waals surface area contributed by atoms with E-state index in [2.05, 4.69) is 57.2 Å². The molecule has 1 aliphatic rings. The van der Waals surface area contributed by atoms with Crippen molar-refractivity contribution < 1.29 is 14.6 Å². The highest BCUT2D eigenvalue weighted by atomic mass is 16.5. The average molecular weight is 430 g/mol. The number of nitrogens with one attached hydrogen (secondary N) is 1. The summed E-state index contributed by atoms with van der Waals surface area (Å²) >= 11 is 0. The Morgan fingerprint density at radius 2 is 1.72 bits per heavy atom. The van der Waals surface area contributed by atoms with Gasteiger partial charge in [0.05, 0.1) is 12.6 Å². The summed E-state index contributed by atoms with van der Waals surface area (Å²) in [6, 6.07) is 20.0. The van der Waals surface area contributed by atoms with Crippen LogP contribution in [0.25, 0.3) is 21.7 Å². The first-order valence-electron chi connectivity index (χ1n) is 11.0. The van der Waals surface area contributed by atoms with Gasteiger partial charge in [0.15, 0.2) is 0 Å². The van der Waals surface area contributed by atoms with E-state index >= 15 is 0 Å². The molecule has 164 valence electrons. The van der Waals surface area contributed by atoms with E-state index in [-0.39, 0.29) is 0 Å². The van der Waals surface area contributed by atoms with Gasteiger partial charge in [-0.25, -0.2) is 0 Å². The minimum atomic E-state index is -0.823. The lowest BCUT2D eigenvalue weighted by Gasteiger charge is -2.37. The zero-order valence-corrected chi connectivity index (χ0v) is 18.1. The number of piperazine rings is 1. The number of aliphatic carboxylic acids is 1. The summed E-state index contributed by atoms with van der Waals surface area (Å²) in [5, 5.41) is 13.5. The Bertz CT molecular complexity index is 1250. The van der Waals surface area contributed by atoms with Crippen LogP contribution in [-0.4, -0.2) is 59.1 Å². The van der Waals surface area contributed by atoms with Gasteiger partial charge in [-0.1, -0.05) is 54.6 Å². The maximum absolute atomic E-state index is 12.3. The van der Waals surface area contributed by atoms with Crippen LogP contribution in [0.1, 0.15) is 17.2 Å². The van der Waals surface area contributed by atoms with E-state index < -0.39 is 12.0 Å². The average Bonchev–Trinajstić information content (AvgIpc) is 3.24. The Morgan fingerprint density at radius 1 is 1.00 bits per heavy atom. The smallest absolute Gasteiger partial charge is 0.325 e. The van der Waals surface area contributed by atoms with E-state index in [4.69, 9.17) is 4.74 Å². The highest BCUT2D eigenvalue weighted by molar-refractivity contribution is 5.92. The summed E-state index contributed by atoms with van der Waals surface area (Å²) in [6.07, 6.45) is 1.81. The molecule has 0 saturated carbocycles. The van der Waals surface area contributed by atoms with Crippen molar-refractivity contribution in [3.63, 3.8) is 0 Å². The van der Waals surface area contributed by atoms with E-state index in [0.29, 0.717) is 13.1 Å². The Labute approximate surface area is 187 Å². The Balaban J connectivity index is 1.34. The van der Waals surface area contributed by atoms with E-state index in [9.17, 15) is 9.90 Å². The fraction of sp³-hybridized carbons (Fsp3) is 0.269. The molecule has 1 fully saturated rings. The van der Waals surface area contributed by atoms with Gasteiger partial charge in [0.25, 0.3) is 0 Å². The minimum Gasteiger partial charge on any atom is -0.495 e. The Morgan fingerprint density at radius 3 is 2.50 bits per heavy atom. The maximum Gasteiger partial charge on any atom is 0.325 e. The van der Waals surface area contributed by atoms with Gasteiger partial charge in [-0.15, -0.1) is 0 Å². The molecule has 4 aromatic rings. The van der Waals surface area contributed by atoms with Crippen LogP contribution in [-0.2, 0) is 11.3 Å². The van der Waals surface area contributed by atoms with Crippen LogP contribution >= 0.6 is 0 Å². The fourth-order valence-corrected chi connectivity index (χ4v) is 4.88. The topological polar surface area (TPSA) is 68.8 Å². The SMILES string of the molecule is COc1cccc2c([C@H](C(=O)O)N3CCN(Cc4cccc5ccccc45)CC3)c[nH]c12. The van der Waals surface area contributed by atoms with Crippen LogP contribution in [0.2, 0.25) is 0 Å². The number of carboxylic acid groups (broad SMARTS) is 1. The number of para-hydroxylation sites is 1. The second kappa shape index (κ2) is 8.65. The van der Waals surface area contributed by atoms with Gasteiger partial charge in [0.2, 0.25) is 0 Å². The predicted octanol–water partition coefficient (Wildman–Crippen LogP) is 4.27. The molecule has 1 aliphatic heterocycles. The van der Waals surface area contributed by atoms with E-state index in [1.807, 2.05) is 24.4 Å². The third kappa shape index (κ3) is 3.72. The first-order valence-corrected chi connectivity index (χ1v) is 11.0. The number of rotatable bonds is 6. The van der Waals surface area contributed by atoms with Crippen LogP contribution in [0.15, 0.2) is 66.9 Å². The standard InChI is InChI=1S/C26H27N3O3/c1-32-23-11-5-10-21-22(16-27-24(21)23)25(26(30)31)29-14-12-28(13-15-29)17-19-8-4-7-18-6-2-3-9-20(18)19/h2-11,16,25,27H,12-15,17H2,1H3,(H,30,31)/t25-/m1/s1. The molecule has 0 radical (unpaired) electrons. The van der Waals surface area contributed by atoms with Crippen LogP contribution < -0.4 is 4.74 Å². The molecular formula is C26H27N3O3. The van der Waals surface area contributed by atoms with E-state index in [1.54, 1.807) is 7.11 Å². The van der Waals surface area contributed by atoms with E-state index in [0.717, 1.165) is 41.9 Å². The lowest BCUT2D eigenvalue weighted by molar-refractivity contribution is -0.144. The number of carboxylic acids is 1. The zero-order valence-electron chi connectivity index (χ0n) is 18.1. The first-order chi connectivity index (χ1) is 15.7. The number of ether oxygens (including phenoxy) is 1. The molecule has 2 N–H and O–H groups in total. The molecule has 32 heavy (non-hydrogen) atoms. The Kier molecular flexibility index (Phi) is 5.55. The van der Waals surface area contributed by atoms with Crippen molar-refractivity contribution in [2.24, 2.45) is 0 Å². The fourth-order valence-electron chi connectivity index (χ4n) is 4.88. The number of nitrogens with zero attached hydrogens (tertiary/aromatic N) is 2. The molecule has 0 bridgehead atoms. The Hall–Kier alpha value is -3.35. The van der Waals surface area contributed by atoms with Crippen molar-refractivity contribution in [2.75, 3.05) is 33.3 Å². The van der Waals surface area contributed by atoms with Gasteiger partial charge >= 0.3 is 5.97 Å². The third-order valence-electron chi connectivity index (χ3n) is 6.50. The van der Waals surface area contributed by atoms with Gasteiger partial charge in [0.1, 0.15) is 11.8 Å². The van der Waals surface area contributed by atoms with Crippen LogP contribution in [0.5, 0.6) is 5.75 Å². The van der Waals surface area contributed by atoms with Crippen LogP contribution in [0.3, 0.4) is 0 Å². The third-order valence-corrected chi connectivity index (χ3v) is 6.50. The lowest BCUT2D eigenvalue weighted by atomic mass is 10.0. The quantitative estimate of drug-likeness (QED) is 0.479. The number of fused-ring (bicyclic) bond motifs is 2. The molecule has 6 heteroatoms. The number of benzene rings is 3. The molecule has 1 saturated heterocycles. The molecule has 1 atom stereocenters. The molecule has 2 heterocycles. The van der Waals surface area contributed by atoms with Crippen molar-refractivity contribution in [1.82, 2.24) is 14.8 Å². The van der Waals surface area contributed by atoms with Crippen LogP contribution in [0, 0.1) is 0 Å². The number of aromatic nitrogens is 1. The molecule has 3 aromatic carbocycles. The molecule has 0 spiro atoms. The number of hydrogen-bond acceptors (Lipinski definition) is 4. The normalized spacial score (nSPS) is 16.4. The van der Waals surface area contributed by atoms with Crippen molar-refractivity contribution in [3.8, 4) is 5.75 Å². The summed E-state index contributed by atoms with van der Waals surface area (Å²) in [6.45, 7) is 3.95. The second-order valence-corrected chi connectivity index (χ2v) is 8.32. The molecule has 0 aliphatic carbocycles. The number of aromatic amines is 1. The van der Waals surface area contributed by atoms with Crippen molar-refractivity contribution in [1.29, 1.82) is 0 Å². The number of hydrogen-bond donors (Lipinski definition) is 2. The van der Waals surface area contributed by atoms with Gasteiger partial charge < -0.3 is 14.8 Å². The number of H-pyrrole nitrogens is 1. The molecule has 0 unspecified atom stereocenters. The molecule has 1 aromatic heterocycles. The molecule has 6 nitrogen and oxygen atoms in total. The lowest BCUT2D eigenvalue weighted by Crippen LogP contribution is -2.48. The largest absolute Gasteiger partial charge is 0.495 e. The maximum atomic E-state index is 12.3. The van der Waals surface area contributed by atoms with Gasteiger partial charge in [-0.2, -0.15) is 0 Å². The zero-order chi connectivity index (χ0) is 22.1. The van der Waals surface area contributed by atoms with Crippen molar-refractivity contribution >= 4 is 27.6 Å². The monoisotopic (exact) mass is 429 g/mol. The predicted molar refractivity (Wildman–Crippen MR) is 126 cm³/mol. The van der Waals surface area contributed by atoms with Gasteiger partial charge in [0, 0.05) is 49.9 Å². The van der Waals surface area contributed by atoms with Crippen LogP contribution in [0.4, 0.5) is 0 Å². The highest BCUT2D eigenvalue weighted by Crippen LogP contribution is 2.33. The summed E-state index contributed by atoms with van der Waals surface area (Å²) in [5.41, 5.74) is 2.94. The first kappa shape index (κ1) is 20.5. The summed E-state index contributed by atoms with van der Waals surface area (Å²) in [5.74, 6) is -0.103. The number of methoxy groups -OCH3 is 1. The van der Waals surface area contributed by atoms with E-state index in [1.165, 1.54) is 16.3 Å². The van der Waals surface area contributed by atoms with Gasteiger partial charge in [-0.3, -0.25) is 14.6 Å². The van der Waals surface area contributed by atoms with Crippen molar-refractivity contribution in [2.45, 2.75) is 12.6 Å². The molecular weight excluding hydrogens is 402 g/mol. The van der Waals surface area contributed by atoms with Gasteiger partial charge in [-0.05, 0) is 22.4 Å². The number of carbonyl (C=O) groups is 1. The minimum absolute atomic E-state index is 0.685. The summed E-state index contributed by atoms with van der Waals surface area (Å²) in [7, 11) is 1.62. The molecule has 0 amide bonds. The summed E-state index contributed by atoms with van der Waals surface area (Å²) < 4.78 is 5.43. The molecule has 5 rings (SSSR count).